The molecule has 0 heterocycles. The van der Waals surface area contributed by atoms with Crippen LogP contribution >= 0.6 is 0 Å². The summed E-state index contributed by atoms with van der Waals surface area (Å²) in [6.07, 6.45) is 3.57. The Bertz CT molecular complexity index is 436. The highest BCUT2D eigenvalue weighted by molar-refractivity contribution is 5.34. The molecule has 0 aliphatic rings. The maximum atomic E-state index is 9.90. The van der Waals surface area contributed by atoms with Crippen molar-refractivity contribution in [2.45, 2.75) is 45.6 Å². The molecule has 0 saturated heterocycles. The Balaban J connectivity index is 2.33. The number of aliphatic hydroxyl groups is 1. The second-order valence-corrected chi connectivity index (χ2v) is 5.34. The molecule has 0 unspecified atom stereocenters. The standard InChI is InChI=1S/C18H24O/c1-15(2)8-7-9-16(3)14-18(19)13-12-17-10-5-4-6-11-17/h4-6,10-11,16,18-19H,1,7-9,14H2,2-3H3/t16-,18-/m1/s1. The zero-order chi connectivity index (χ0) is 14.1. The van der Waals surface area contributed by atoms with Crippen molar-refractivity contribution in [1.82, 2.24) is 0 Å². The molecule has 0 fully saturated rings. The van der Waals surface area contributed by atoms with Crippen LogP contribution in [0.5, 0.6) is 0 Å². The quantitative estimate of drug-likeness (QED) is 0.598. The van der Waals surface area contributed by atoms with Gasteiger partial charge in [-0.25, -0.2) is 0 Å². The van der Waals surface area contributed by atoms with E-state index in [1.165, 1.54) is 5.57 Å². The molecule has 0 saturated carbocycles. The first-order valence-electron chi connectivity index (χ1n) is 6.97. The Morgan fingerprint density at radius 3 is 2.63 bits per heavy atom. The van der Waals surface area contributed by atoms with E-state index in [9.17, 15) is 5.11 Å². The predicted molar refractivity (Wildman–Crippen MR) is 81.8 cm³/mol. The minimum Gasteiger partial charge on any atom is -0.380 e. The van der Waals surface area contributed by atoms with E-state index in [0.29, 0.717) is 5.92 Å². The monoisotopic (exact) mass is 256 g/mol. The van der Waals surface area contributed by atoms with Crippen LogP contribution < -0.4 is 0 Å². The molecule has 1 nitrogen and oxygen atoms in total. The van der Waals surface area contributed by atoms with Crippen LogP contribution in [0.1, 0.15) is 45.1 Å². The van der Waals surface area contributed by atoms with Crippen LogP contribution in [-0.4, -0.2) is 11.2 Å². The topological polar surface area (TPSA) is 20.2 Å². The first-order chi connectivity index (χ1) is 9.08. The van der Waals surface area contributed by atoms with Gasteiger partial charge in [0.1, 0.15) is 6.10 Å². The highest BCUT2D eigenvalue weighted by Crippen LogP contribution is 2.15. The smallest absolute Gasteiger partial charge is 0.115 e. The van der Waals surface area contributed by atoms with Crippen molar-refractivity contribution in [3.63, 3.8) is 0 Å². The molecule has 2 atom stereocenters. The largest absolute Gasteiger partial charge is 0.380 e. The third-order valence-corrected chi connectivity index (χ3v) is 3.08. The van der Waals surface area contributed by atoms with Gasteiger partial charge in [0.15, 0.2) is 0 Å². The van der Waals surface area contributed by atoms with Crippen LogP contribution in [0.25, 0.3) is 0 Å². The van der Waals surface area contributed by atoms with Crippen molar-refractivity contribution in [3.8, 4) is 11.8 Å². The van der Waals surface area contributed by atoms with Crippen LogP contribution in [-0.2, 0) is 0 Å². The maximum Gasteiger partial charge on any atom is 0.115 e. The minimum atomic E-state index is -0.528. The van der Waals surface area contributed by atoms with Crippen LogP contribution in [0.2, 0.25) is 0 Å². The Labute approximate surface area is 117 Å². The SMILES string of the molecule is C=C(C)CCC[C@@H](C)C[C@H](O)C#Cc1ccccc1. The van der Waals surface area contributed by atoms with Gasteiger partial charge in [0.25, 0.3) is 0 Å². The summed E-state index contributed by atoms with van der Waals surface area (Å²) in [4.78, 5) is 0. The molecule has 19 heavy (non-hydrogen) atoms. The summed E-state index contributed by atoms with van der Waals surface area (Å²) in [5.74, 6) is 6.43. The van der Waals surface area contributed by atoms with Gasteiger partial charge in [0.2, 0.25) is 0 Å². The van der Waals surface area contributed by atoms with Crippen LogP contribution in [0.4, 0.5) is 0 Å². The van der Waals surface area contributed by atoms with Gasteiger partial charge >= 0.3 is 0 Å². The lowest BCUT2D eigenvalue weighted by atomic mass is 9.96. The number of hydrogen-bond donors (Lipinski definition) is 1. The van der Waals surface area contributed by atoms with Crippen molar-refractivity contribution < 1.29 is 5.11 Å². The van der Waals surface area contributed by atoms with Gasteiger partial charge < -0.3 is 5.11 Å². The molecule has 0 amide bonds. The van der Waals surface area contributed by atoms with Gasteiger partial charge in [-0.3, -0.25) is 0 Å². The normalized spacial score (nSPS) is 13.2. The summed E-state index contributed by atoms with van der Waals surface area (Å²) in [5.41, 5.74) is 2.19. The lowest BCUT2D eigenvalue weighted by molar-refractivity contribution is 0.196. The number of hydrogen-bond acceptors (Lipinski definition) is 1. The fraction of sp³-hybridized carbons (Fsp3) is 0.444. The first-order valence-corrected chi connectivity index (χ1v) is 6.97. The fourth-order valence-corrected chi connectivity index (χ4v) is 2.00. The van der Waals surface area contributed by atoms with Crippen molar-refractivity contribution in [2.24, 2.45) is 5.92 Å². The van der Waals surface area contributed by atoms with Crippen LogP contribution in [0.15, 0.2) is 42.5 Å². The molecule has 0 aromatic heterocycles. The van der Waals surface area contributed by atoms with Gasteiger partial charge in [-0.05, 0) is 44.2 Å². The average Bonchev–Trinajstić information content (AvgIpc) is 2.37. The van der Waals surface area contributed by atoms with Crippen molar-refractivity contribution >= 4 is 0 Å². The zero-order valence-electron chi connectivity index (χ0n) is 12.0. The molecule has 1 rings (SSSR count). The van der Waals surface area contributed by atoms with Crippen LogP contribution in [0.3, 0.4) is 0 Å². The molecule has 1 N–H and O–H groups in total. The second kappa shape index (κ2) is 8.56. The number of rotatable bonds is 6. The lowest BCUT2D eigenvalue weighted by Crippen LogP contribution is -2.09. The van der Waals surface area contributed by atoms with E-state index in [1.54, 1.807) is 0 Å². The maximum absolute atomic E-state index is 9.90. The second-order valence-electron chi connectivity index (χ2n) is 5.34. The summed E-state index contributed by atoms with van der Waals surface area (Å²) < 4.78 is 0. The van der Waals surface area contributed by atoms with Crippen molar-refractivity contribution in [1.29, 1.82) is 0 Å². The highest BCUT2D eigenvalue weighted by Gasteiger charge is 2.07. The Hall–Kier alpha value is -1.52. The van der Waals surface area contributed by atoms with Gasteiger partial charge in [0.05, 0.1) is 0 Å². The minimum absolute atomic E-state index is 0.499. The lowest BCUT2D eigenvalue weighted by Gasteiger charge is -2.12. The summed E-state index contributed by atoms with van der Waals surface area (Å²) in [6.45, 7) is 8.14. The van der Waals surface area contributed by atoms with E-state index in [4.69, 9.17) is 0 Å². The summed E-state index contributed by atoms with van der Waals surface area (Å²) >= 11 is 0. The van der Waals surface area contributed by atoms with E-state index in [0.717, 1.165) is 31.2 Å². The summed E-state index contributed by atoms with van der Waals surface area (Å²) in [5, 5.41) is 9.90. The van der Waals surface area contributed by atoms with E-state index >= 15 is 0 Å². The molecular weight excluding hydrogens is 232 g/mol. The predicted octanol–water partition coefficient (Wildman–Crippen LogP) is 4.17. The third kappa shape index (κ3) is 7.49. The van der Waals surface area contributed by atoms with Gasteiger partial charge in [-0.2, -0.15) is 0 Å². The van der Waals surface area contributed by atoms with E-state index in [1.807, 2.05) is 30.3 Å². The number of benzene rings is 1. The number of aliphatic hydroxyl groups excluding tert-OH is 1. The van der Waals surface area contributed by atoms with Gasteiger partial charge in [-0.1, -0.05) is 49.0 Å². The molecule has 1 aromatic rings. The fourth-order valence-electron chi connectivity index (χ4n) is 2.00. The molecule has 0 aliphatic carbocycles. The van der Waals surface area contributed by atoms with Crippen molar-refractivity contribution in [2.75, 3.05) is 0 Å². The molecule has 0 spiro atoms. The molecule has 0 aliphatic heterocycles. The van der Waals surface area contributed by atoms with Crippen LogP contribution in [0, 0.1) is 17.8 Å². The average molecular weight is 256 g/mol. The Morgan fingerprint density at radius 2 is 2.00 bits per heavy atom. The van der Waals surface area contributed by atoms with E-state index in [-0.39, 0.29) is 0 Å². The summed E-state index contributed by atoms with van der Waals surface area (Å²) in [7, 11) is 0. The summed E-state index contributed by atoms with van der Waals surface area (Å²) in [6, 6.07) is 9.78. The molecule has 102 valence electrons. The van der Waals surface area contributed by atoms with E-state index in [2.05, 4.69) is 32.3 Å². The van der Waals surface area contributed by atoms with Gasteiger partial charge in [0, 0.05) is 5.56 Å². The highest BCUT2D eigenvalue weighted by atomic mass is 16.3. The molecule has 0 bridgehead atoms. The Morgan fingerprint density at radius 1 is 1.32 bits per heavy atom. The van der Waals surface area contributed by atoms with Gasteiger partial charge in [-0.15, -0.1) is 6.58 Å². The van der Waals surface area contributed by atoms with E-state index < -0.39 is 6.10 Å². The molecule has 1 heteroatoms. The molecule has 1 aromatic carbocycles. The van der Waals surface area contributed by atoms with Crippen molar-refractivity contribution in [3.05, 3.63) is 48.0 Å². The molecular formula is C18H24O. The zero-order valence-corrected chi connectivity index (χ0v) is 12.0. The third-order valence-electron chi connectivity index (χ3n) is 3.08. The number of allylic oxidation sites excluding steroid dienone is 1. The molecule has 0 radical (unpaired) electrons. The Kier molecular flexibility index (Phi) is 7.00. The first kappa shape index (κ1) is 15.5.